The van der Waals surface area contributed by atoms with Gasteiger partial charge in [-0.2, -0.15) is 10.2 Å². The molecule has 0 saturated carbocycles. The molecule has 3 rings (SSSR count). The fourth-order valence-electron chi connectivity index (χ4n) is 2.86. The summed E-state index contributed by atoms with van der Waals surface area (Å²) in [5.74, 6) is 0.107. The van der Waals surface area contributed by atoms with E-state index in [4.69, 9.17) is 27.9 Å². The lowest BCUT2D eigenvalue weighted by molar-refractivity contribution is 0.0932. The van der Waals surface area contributed by atoms with E-state index >= 15 is 0 Å². The van der Waals surface area contributed by atoms with Crippen LogP contribution in [0, 0.1) is 6.92 Å². The molecule has 0 radical (unpaired) electrons. The first-order chi connectivity index (χ1) is 13.4. The molecule has 28 heavy (non-hydrogen) atoms. The van der Waals surface area contributed by atoms with Crippen molar-refractivity contribution in [1.82, 2.24) is 24.9 Å². The number of carbonyl (C=O) groups excluding carboxylic acids is 1. The highest BCUT2D eigenvalue weighted by Gasteiger charge is 2.18. The lowest BCUT2D eigenvalue weighted by Gasteiger charge is -2.13. The Morgan fingerprint density at radius 3 is 2.64 bits per heavy atom. The maximum Gasteiger partial charge on any atom is 0.272 e. The minimum absolute atomic E-state index is 0.0780. The minimum atomic E-state index is -0.273. The summed E-state index contributed by atoms with van der Waals surface area (Å²) < 4.78 is 9.01. The molecule has 1 atom stereocenters. The van der Waals surface area contributed by atoms with Gasteiger partial charge in [0.05, 0.1) is 22.3 Å². The molecule has 0 aliphatic heterocycles. The van der Waals surface area contributed by atoms with Crippen molar-refractivity contribution < 1.29 is 9.53 Å². The molecule has 9 heteroatoms. The standard InChI is InChI=1S/C19H21Cl2N5O2/c1-4-26-13(3)14(10-22-26)12(2)23-19(27)17-8-9-25(24-17)11-28-18-15(20)6-5-7-16(18)21/h5-10,12H,4,11H2,1-3H3,(H,23,27). The van der Waals surface area contributed by atoms with Gasteiger partial charge in [0.15, 0.2) is 12.5 Å². The van der Waals surface area contributed by atoms with Crippen molar-refractivity contribution >= 4 is 29.1 Å². The summed E-state index contributed by atoms with van der Waals surface area (Å²) in [7, 11) is 0. The average Bonchev–Trinajstić information content (AvgIpc) is 3.28. The number of para-hydroxylation sites is 1. The normalized spacial score (nSPS) is 12.0. The molecular weight excluding hydrogens is 401 g/mol. The van der Waals surface area contributed by atoms with Crippen LogP contribution >= 0.6 is 23.2 Å². The Hall–Kier alpha value is -2.51. The number of hydrogen-bond acceptors (Lipinski definition) is 4. The number of aromatic nitrogens is 4. The number of rotatable bonds is 7. The third-order valence-electron chi connectivity index (χ3n) is 4.39. The van der Waals surface area contributed by atoms with Crippen LogP contribution in [0.2, 0.25) is 10.0 Å². The van der Waals surface area contributed by atoms with E-state index in [9.17, 15) is 4.79 Å². The predicted molar refractivity (Wildman–Crippen MR) is 108 cm³/mol. The molecule has 2 aromatic heterocycles. The maximum atomic E-state index is 12.5. The largest absolute Gasteiger partial charge is 0.468 e. The van der Waals surface area contributed by atoms with Crippen molar-refractivity contribution in [3.8, 4) is 5.75 Å². The second kappa shape index (κ2) is 8.67. The number of hydrogen-bond donors (Lipinski definition) is 1. The van der Waals surface area contributed by atoms with Crippen molar-refractivity contribution in [3.63, 3.8) is 0 Å². The van der Waals surface area contributed by atoms with Gasteiger partial charge in [0.2, 0.25) is 0 Å². The third kappa shape index (κ3) is 4.31. The number of carbonyl (C=O) groups is 1. The Morgan fingerprint density at radius 2 is 2.00 bits per heavy atom. The van der Waals surface area contributed by atoms with Crippen LogP contribution in [-0.2, 0) is 13.3 Å². The first kappa shape index (κ1) is 20.2. The van der Waals surface area contributed by atoms with Crippen molar-refractivity contribution in [1.29, 1.82) is 0 Å². The predicted octanol–water partition coefficient (Wildman–Crippen LogP) is 4.24. The molecular formula is C19H21Cl2N5O2. The molecule has 2 heterocycles. The molecule has 1 unspecified atom stereocenters. The molecule has 0 aliphatic carbocycles. The number of nitrogens with zero attached hydrogens (tertiary/aromatic N) is 4. The monoisotopic (exact) mass is 421 g/mol. The second-order valence-electron chi connectivity index (χ2n) is 6.26. The van der Waals surface area contributed by atoms with Gasteiger partial charge in [-0.25, -0.2) is 4.68 Å². The highest BCUT2D eigenvalue weighted by molar-refractivity contribution is 6.37. The van der Waals surface area contributed by atoms with Crippen LogP contribution < -0.4 is 10.1 Å². The van der Waals surface area contributed by atoms with Crippen LogP contribution in [0.15, 0.2) is 36.7 Å². The van der Waals surface area contributed by atoms with Gasteiger partial charge >= 0.3 is 0 Å². The summed E-state index contributed by atoms with van der Waals surface area (Å²) >= 11 is 12.2. The summed E-state index contributed by atoms with van der Waals surface area (Å²) in [5.41, 5.74) is 2.30. The molecule has 0 fully saturated rings. The maximum absolute atomic E-state index is 12.5. The van der Waals surface area contributed by atoms with Crippen LogP contribution in [0.1, 0.15) is 41.6 Å². The van der Waals surface area contributed by atoms with E-state index in [0.29, 0.717) is 21.5 Å². The first-order valence-corrected chi connectivity index (χ1v) is 9.59. The van der Waals surface area contributed by atoms with Crippen LogP contribution in [0.25, 0.3) is 0 Å². The Kier molecular flexibility index (Phi) is 6.26. The first-order valence-electron chi connectivity index (χ1n) is 8.84. The van der Waals surface area contributed by atoms with Gasteiger partial charge < -0.3 is 10.1 Å². The Labute approximate surface area is 173 Å². The second-order valence-corrected chi connectivity index (χ2v) is 7.08. The summed E-state index contributed by atoms with van der Waals surface area (Å²) in [6.45, 7) is 6.79. The van der Waals surface area contributed by atoms with Crippen LogP contribution in [0.3, 0.4) is 0 Å². The van der Waals surface area contributed by atoms with E-state index in [0.717, 1.165) is 17.8 Å². The fraction of sp³-hybridized carbons (Fsp3) is 0.316. The number of ether oxygens (including phenoxy) is 1. The smallest absolute Gasteiger partial charge is 0.272 e. The Morgan fingerprint density at radius 1 is 1.29 bits per heavy atom. The lowest BCUT2D eigenvalue weighted by atomic mass is 10.1. The molecule has 7 nitrogen and oxygen atoms in total. The zero-order valence-electron chi connectivity index (χ0n) is 15.8. The minimum Gasteiger partial charge on any atom is -0.468 e. The third-order valence-corrected chi connectivity index (χ3v) is 4.98. The van der Waals surface area contributed by atoms with E-state index in [1.807, 2.05) is 25.5 Å². The summed E-state index contributed by atoms with van der Waals surface area (Å²) in [6.07, 6.45) is 3.44. The summed E-state index contributed by atoms with van der Waals surface area (Å²) in [4.78, 5) is 12.5. The van der Waals surface area contributed by atoms with Gasteiger partial charge in [0.25, 0.3) is 5.91 Å². The zero-order chi connectivity index (χ0) is 20.3. The quantitative estimate of drug-likeness (QED) is 0.618. The molecule has 1 aromatic carbocycles. The molecule has 0 spiro atoms. The molecule has 3 aromatic rings. The highest BCUT2D eigenvalue weighted by atomic mass is 35.5. The Bertz CT molecular complexity index is 962. The van der Waals surface area contributed by atoms with Crippen molar-refractivity contribution in [2.45, 2.75) is 40.1 Å². The van der Waals surface area contributed by atoms with Crippen molar-refractivity contribution in [2.75, 3.05) is 0 Å². The van der Waals surface area contributed by atoms with Crippen molar-refractivity contribution in [3.05, 3.63) is 63.7 Å². The van der Waals surface area contributed by atoms with Crippen molar-refractivity contribution in [2.24, 2.45) is 0 Å². The van der Waals surface area contributed by atoms with Gasteiger partial charge in [0.1, 0.15) is 5.69 Å². The number of halogens is 2. The molecule has 0 saturated heterocycles. The van der Waals surface area contributed by atoms with E-state index in [1.165, 1.54) is 4.68 Å². The van der Waals surface area contributed by atoms with Gasteiger partial charge in [0, 0.05) is 24.0 Å². The zero-order valence-corrected chi connectivity index (χ0v) is 17.3. The van der Waals surface area contributed by atoms with E-state index < -0.39 is 0 Å². The van der Waals surface area contributed by atoms with Gasteiger partial charge in [-0.1, -0.05) is 29.3 Å². The lowest BCUT2D eigenvalue weighted by Crippen LogP contribution is -2.27. The number of aryl methyl sites for hydroxylation is 1. The van der Waals surface area contributed by atoms with Crippen LogP contribution in [0.5, 0.6) is 5.75 Å². The number of benzene rings is 1. The van der Waals surface area contributed by atoms with Gasteiger partial charge in [-0.15, -0.1) is 0 Å². The SMILES string of the molecule is CCn1ncc(C(C)NC(=O)c2ccn(COc3c(Cl)cccc3Cl)n2)c1C. The molecule has 148 valence electrons. The topological polar surface area (TPSA) is 74.0 Å². The summed E-state index contributed by atoms with van der Waals surface area (Å²) in [6, 6.07) is 6.56. The molecule has 0 aliphatic rings. The van der Waals surface area contributed by atoms with Gasteiger partial charge in [-0.3, -0.25) is 9.48 Å². The van der Waals surface area contributed by atoms with Crippen LogP contribution in [0.4, 0.5) is 0 Å². The molecule has 0 bridgehead atoms. The fourth-order valence-corrected chi connectivity index (χ4v) is 3.37. The number of nitrogens with one attached hydrogen (secondary N) is 1. The Balaban J connectivity index is 1.63. The molecule has 1 N–H and O–H groups in total. The highest BCUT2D eigenvalue weighted by Crippen LogP contribution is 2.32. The summed E-state index contributed by atoms with van der Waals surface area (Å²) in [5, 5.41) is 12.3. The number of amides is 1. The van der Waals surface area contributed by atoms with E-state index in [2.05, 4.69) is 15.5 Å². The average molecular weight is 422 g/mol. The van der Waals surface area contributed by atoms with Crippen LogP contribution in [-0.4, -0.2) is 25.5 Å². The van der Waals surface area contributed by atoms with Gasteiger partial charge in [-0.05, 0) is 39.0 Å². The van der Waals surface area contributed by atoms with E-state index in [1.54, 1.807) is 36.7 Å². The van der Waals surface area contributed by atoms with E-state index in [-0.39, 0.29) is 18.7 Å². The molecule has 1 amide bonds.